The molecule has 1 aromatic heterocycles. The highest BCUT2D eigenvalue weighted by molar-refractivity contribution is 6.39. The van der Waals surface area contributed by atoms with Gasteiger partial charge < -0.3 is 14.6 Å². The number of carbonyl (C=O) groups excluding carboxylic acids is 1. The number of ether oxygens (including phenoxy) is 1. The normalized spacial score (nSPS) is 11.0. The van der Waals surface area contributed by atoms with Gasteiger partial charge in [-0.3, -0.25) is 0 Å². The molecule has 1 N–H and O–H groups in total. The molecule has 0 fully saturated rings. The van der Waals surface area contributed by atoms with E-state index in [4.69, 9.17) is 44.1 Å². The van der Waals surface area contributed by atoms with Crippen LogP contribution in [0.15, 0.2) is 53.2 Å². The summed E-state index contributed by atoms with van der Waals surface area (Å²) in [5.74, 6) is -0.414. The third-order valence-corrected chi connectivity index (χ3v) is 4.52. The molecule has 0 amide bonds. The van der Waals surface area contributed by atoms with Crippen LogP contribution < -0.4 is 5.32 Å². The highest BCUT2D eigenvalue weighted by Gasteiger charge is 2.26. The summed E-state index contributed by atoms with van der Waals surface area (Å²) in [6, 6.07) is 12.1. The predicted octanol–water partition coefficient (Wildman–Crippen LogP) is 6.17. The molecule has 0 atom stereocenters. The van der Waals surface area contributed by atoms with E-state index in [1.165, 1.54) is 7.11 Å². The van der Waals surface area contributed by atoms with Gasteiger partial charge in [0.15, 0.2) is 5.76 Å². The van der Waals surface area contributed by atoms with Gasteiger partial charge >= 0.3 is 5.97 Å². The molecule has 27 heavy (non-hydrogen) atoms. The van der Waals surface area contributed by atoms with Crippen LogP contribution in [-0.2, 0) is 4.74 Å². The molecule has 0 bridgehead atoms. The van der Waals surface area contributed by atoms with Crippen molar-refractivity contribution in [1.82, 2.24) is 5.16 Å². The third kappa shape index (κ3) is 4.27. The topological polar surface area (TPSA) is 64.4 Å². The van der Waals surface area contributed by atoms with E-state index in [2.05, 4.69) is 10.5 Å². The maximum atomic E-state index is 12.3. The highest BCUT2D eigenvalue weighted by Crippen LogP contribution is 2.37. The summed E-state index contributed by atoms with van der Waals surface area (Å²) in [6.45, 7) is 0. The minimum absolute atomic E-state index is 0.127. The lowest BCUT2D eigenvalue weighted by molar-refractivity contribution is 0.0600. The summed E-state index contributed by atoms with van der Waals surface area (Å²) in [6.07, 6.45) is 3.16. The van der Waals surface area contributed by atoms with E-state index in [1.54, 1.807) is 42.6 Å². The van der Waals surface area contributed by atoms with Crippen LogP contribution in [-0.4, -0.2) is 18.2 Å². The second kappa shape index (κ2) is 8.48. The Balaban J connectivity index is 1.96. The summed E-state index contributed by atoms with van der Waals surface area (Å²) in [7, 11) is 1.27. The molecule has 138 valence electrons. The third-order valence-electron chi connectivity index (χ3n) is 3.64. The maximum Gasteiger partial charge on any atom is 0.344 e. The van der Waals surface area contributed by atoms with Crippen molar-refractivity contribution >= 4 is 52.5 Å². The average Bonchev–Trinajstić information content (AvgIpc) is 3.06. The first-order valence-electron chi connectivity index (χ1n) is 7.72. The van der Waals surface area contributed by atoms with Gasteiger partial charge in [-0.05, 0) is 36.4 Å². The van der Waals surface area contributed by atoms with Crippen LogP contribution in [0, 0.1) is 0 Å². The van der Waals surface area contributed by atoms with Gasteiger partial charge in [0.2, 0.25) is 0 Å². The van der Waals surface area contributed by atoms with Gasteiger partial charge in [0.25, 0.3) is 0 Å². The van der Waals surface area contributed by atoms with Crippen molar-refractivity contribution in [2.24, 2.45) is 0 Å². The minimum Gasteiger partial charge on any atom is -0.465 e. The quantitative estimate of drug-likeness (QED) is 0.497. The number of aromatic nitrogens is 1. The summed E-state index contributed by atoms with van der Waals surface area (Å²) in [4.78, 5) is 12.3. The zero-order valence-corrected chi connectivity index (χ0v) is 16.3. The smallest absolute Gasteiger partial charge is 0.344 e. The fourth-order valence-corrected chi connectivity index (χ4v) is 3.07. The van der Waals surface area contributed by atoms with Crippen molar-refractivity contribution in [3.63, 3.8) is 0 Å². The SMILES string of the molecule is COC(=O)c1c(-c2c(Cl)cccc2Cl)noc1/C=C/Nc1ccc(Cl)cc1. The van der Waals surface area contributed by atoms with Gasteiger partial charge in [-0.2, -0.15) is 0 Å². The Morgan fingerprint density at radius 3 is 2.41 bits per heavy atom. The van der Waals surface area contributed by atoms with Gasteiger partial charge in [0.1, 0.15) is 11.3 Å². The van der Waals surface area contributed by atoms with E-state index >= 15 is 0 Å². The Morgan fingerprint density at radius 2 is 1.78 bits per heavy atom. The molecule has 5 nitrogen and oxygen atoms in total. The zero-order valence-electron chi connectivity index (χ0n) is 14.0. The van der Waals surface area contributed by atoms with E-state index in [1.807, 2.05) is 12.1 Å². The molecule has 0 aliphatic heterocycles. The van der Waals surface area contributed by atoms with E-state index in [9.17, 15) is 4.79 Å². The Kier molecular flexibility index (Phi) is 6.06. The molecule has 0 saturated heterocycles. The Hall–Kier alpha value is -2.47. The maximum absolute atomic E-state index is 12.3. The molecule has 0 saturated carbocycles. The van der Waals surface area contributed by atoms with Gasteiger partial charge in [-0.25, -0.2) is 4.79 Å². The van der Waals surface area contributed by atoms with Crippen LogP contribution in [0.5, 0.6) is 0 Å². The fourth-order valence-electron chi connectivity index (χ4n) is 2.37. The summed E-state index contributed by atoms with van der Waals surface area (Å²) in [5.41, 5.74) is 1.55. The summed E-state index contributed by atoms with van der Waals surface area (Å²) < 4.78 is 10.2. The van der Waals surface area contributed by atoms with Crippen LogP contribution in [0.3, 0.4) is 0 Å². The number of carbonyl (C=O) groups is 1. The van der Waals surface area contributed by atoms with Crippen LogP contribution >= 0.6 is 34.8 Å². The van der Waals surface area contributed by atoms with Crippen molar-refractivity contribution in [2.45, 2.75) is 0 Å². The molecule has 3 aromatic rings. The minimum atomic E-state index is -0.617. The number of methoxy groups -OCH3 is 1. The summed E-state index contributed by atoms with van der Waals surface area (Å²) in [5, 5.41) is 8.34. The number of esters is 1. The Morgan fingerprint density at radius 1 is 1.11 bits per heavy atom. The number of rotatable bonds is 5. The highest BCUT2D eigenvalue weighted by atomic mass is 35.5. The molecule has 0 unspecified atom stereocenters. The molecule has 1 heterocycles. The first-order valence-corrected chi connectivity index (χ1v) is 8.85. The molecule has 8 heteroatoms. The lowest BCUT2D eigenvalue weighted by atomic mass is 10.1. The van der Waals surface area contributed by atoms with Gasteiger partial charge in [0.05, 0.1) is 17.2 Å². The van der Waals surface area contributed by atoms with Gasteiger partial charge in [-0.1, -0.05) is 46.0 Å². The van der Waals surface area contributed by atoms with Crippen LogP contribution in [0.2, 0.25) is 15.1 Å². The number of hydrogen-bond acceptors (Lipinski definition) is 5. The monoisotopic (exact) mass is 422 g/mol. The number of benzene rings is 2. The standard InChI is InChI=1S/C19H13Cl3N2O3/c1-26-19(25)17-15(9-10-23-12-7-5-11(20)6-8-12)27-24-18(17)16-13(21)3-2-4-14(16)22/h2-10,23H,1H3/b10-9+. The van der Waals surface area contributed by atoms with Crippen LogP contribution in [0.4, 0.5) is 5.69 Å². The van der Waals surface area contributed by atoms with E-state index in [-0.39, 0.29) is 17.0 Å². The molecule has 0 aliphatic carbocycles. The average molecular weight is 424 g/mol. The van der Waals surface area contributed by atoms with Crippen molar-refractivity contribution in [3.8, 4) is 11.3 Å². The number of nitrogens with one attached hydrogen (secondary N) is 1. The molecular weight excluding hydrogens is 411 g/mol. The molecule has 0 spiro atoms. The predicted molar refractivity (Wildman–Crippen MR) is 107 cm³/mol. The fraction of sp³-hybridized carbons (Fsp3) is 0.0526. The molecule has 0 radical (unpaired) electrons. The van der Waals surface area contributed by atoms with Crippen LogP contribution in [0.25, 0.3) is 17.3 Å². The van der Waals surface area contributed by atoms with E-state index < -0.39 is 5.97 Å². The van der Waals surface area contributed by atoms with E-state index in [0.29, 0.717) is 20.6 Å². The van der Waals surface area contributed by atoms with Crippen molar-refractivity contribution in [1.29, 1.82) is 0 Å². The molecule has 2 aromatic carbocycles. The van der Waals surface area contributed by atoms with Gasteiger partial charge in [-0.15, -0.1) is 0 Å². The molecule has 3 rings (SSSR count). The first kappa shape index (κ1) is 19.3. The second-order valence-corrected chi connectivity index (χ2v) is 6.59. The lowest BCUT2D eigenvalue weighted by Crippen LogP contribution is -2.04. The van der Waals surface area contributed by atoms with Crippen molar-refractivity contribution < 1.29 is 14.1 Å². The van der Waals surface area contributed by atoms with Crippen LogP contribution in [0.1, 0.15) is 16.1 Å². The Labute approximate surface area is 170 Å². The second-order valence-electron chi connectivity index (χ2n) is 5.34. The number of nitrogens with zero attached hydrogens (tertiary/aromatic N) is 1. The summed E-state index contributed by atoms with van der Waals surface area (Å²) >= 11 is 18.3. The number of hydrogen-bond donors (Lipinski definition) is 1. The Bertz CT molecular complexity index is 978. The molecular formula is C19H13Cl3N2O3. The largest absolute Gasteiger partial charge is 0.465 e. The van der Waals surface area contributed by atoms with Crippen molar-refractivity contribution in [3.05, 3.63) is 75.1 Å². The van der Waals surface area contributed by atoms with E-state index in [0.717, 1.165) is 5.69 Å². The van der Waals surface area contributed by atoms with Crippen molar-refractivity contribution in [2.75, 3.05) is 12.4 Å². The molecule has 0 aliphatic rings. The number of halogens is 3. The zero-order chi connectivity index (χ0) is 19.4. The van der Waals surface area contributed by atoms with Gasteiger partial charge in [0, 0.05) is 28.5 Å². The lowest BCUT2D eigenvalue weighted by Gasteiger charge is -2.05. The number of anilines is 1. The first-order chi connectivity index (χ1) is 13.0.